The fourth-order valence-corrected chi connectivity index (χ4v) is 2.60. The fourth-order valence-electron chi connectivity index (χ4n) is 2.60. The molecule has 2 rings (SSSR count). The van der Waals surface area contributed by atoms with E-state index in [1.54, 1.807) is 36.4 Å². The number of aliphatic imine (C=N–C) groups is 1. The summed E-state index contributed by atoms with van der Waals surface area (Å²) in [6.07, 6.45) is 0. The van der Waals surface area contributed by atoms with E-state index < -0.39 is 6.61 Å². The Morgan fingerprint density at radius 1 is 1.07 bits per heavy atom. The summed E-state index contributed by atoms with van der Waals surface area (Å²) in [5, 5.41) is 9.01. The van der Waals surface area contributed by atoms with E-state index in [1.807, 2.05) is 19.9 Å². The van der Waals surface area contributed by atoms with Crippen LogP contribution in [0.4, 0.5) is 8.78 Å². The van der Waals surface area contributed by atoms with Gasteiger partial charge in [-0.3, -0.25) is 4.79 Å². The molecule has 0 heterocycles. The predicted octanol–water partition coefficient (Wildman–Crippen LogP) is 3.08. The second-order valence-corrected chi connectivity index (χ2v) is 6.23. The average molecular weight is 404 g/mol. The number of carbonyl (C=O) groups is 1. The number of aryl methyl sites for hydroxylation is 1. The Kier molecular flexibility index (Phi) is 8.88. The van der Waals surface area contributed by atoms with Crippen LogP contribution in [0.1, 0.15) is 28.4 Å². The Balaban J connectivity index is 1.91. The van der Waals surface area contributed by atoms with Crippen molar-refractivity contribution >= 4 is 11.9 Å². The molecule has 1 amide bonds. The van der Waals surface area contributed by atoms with Gasteiger partial charge in [-0.2, -0.15) is 8.78 Å². The zero-order valence-electron chi connectivity index (χ0n) is 16.5. The normalized spacial score (nSPS) is 11.3. The highest BCUT2D eigenvalue weighted by atomic mass is 19.3. The van der Waals surface area contributed by atoms with Crippen molar-refractivity contribution in [1.29, 1.82) is 0 Å². The predicted molar refractivity (Wildman–Crippen MR) is 109 cm³/mol. The number of halogens is 2. The van der Waals surface area contributed by atoms with Crippen molar-refractivity contribution in [2.75, 3.05) is 19.6 Å². The van der Waals surface area contributed by atoms with Crippen LogP contribution in [0.3, 0.4) is 0 Å². The molecule has 156 valence electrons. The van der Waals surface area contributed by atoms with Gasteiger partial charge in [0.15, 0.2) is 5.96 Å². The zero-order valence-corrected chi connectivity index (χ0v) is 16.5. The first kappa shape index (κ1) is 22.1. The fraction of sp³-hybridized carbons (Fsp3) is 0.333. The molecule has 0 atom stereocenters. The molecule has 0 fully saturated rings. The lowest BCUT2D eigenvalue weighted by atomic mass is 10.1. The first-order valence-electron chi connectivity index (χ1n) is 9.39. The summed E-state index contributed by atoms with van der Waals surface area (Å²) in [4.78, 5) is 16.4. The van der Waals surface area contributed by atoms with E-state index in [9.17, 15) is 13.6 Å². The van der Waals surface area contributed by atoms with Gasteiger partial charge in [-0.05, 0) is 32.0 Å². The largest absolute Gasteiger partial charge is 0.434 e. The number of hydrogen-bond donors (Lipinski definition) is 3. The number of carbonyl (C=O) groups excluding carboxylic acids is 1. The lowest BCUT2D eigenvalue weighted by Gasteiger charge is -2.13. The quantitative estimate of drug-likeness (QED) is 0.341. The van der Waals surface area contributed by atoms with Crippen LogP contribution in [-0.2, 0) is 6.54 Å². The van der Waals surface area contributed by atoms with E-state index in [1.165, 1.54) is 6.07 Å². The molecule has 0 saturated heterocycles. The summed E-state index contributed by atoms with van der Waals surface area (Å²) in [5.74, 6) is 0.481. The maximum Gasteiger partial charge on any atom is 0.387 e. The number of guanidine groups is 1. The molecule has 0 aliphatic rings. The minimum Gasteiger partial charge on any atom is -0.434 e. The van der Waals surface area contributed by atoms with Crippen molar-refractivity contribution in [1.82, 2.24) is 16.0 Å². The molecule has 29 heavy (non-hydrogen) atoms. The Bertz CT molecular complexity index is 814. The molecule has 0 saturated carbocycles. The molecular weight excluding hydrogens is 378 g/mol. The number of rotatable bonds is 9. The van der Waals surface area contributed by atoms with Gasteiger partial charge >= 0.3 is 6.61 Å². The first-order chi connectivity index (χ1) is 14.0. The molecule has 0 bridgehead atoms. The molecule has 0 radical (unpaired) electrons. The summed E-state index contributed by atoms with van der Waals surface area (Å²) in [7, 11) is 0. The molecular formula is C21H26F2N4O2. The lowest BCUT2D eigenvalue weighted by molar-refractivity contribution is -0.0504. The molecule has 2 aromatic rings. The second kappa shape index (κ2) is 11.6. The highest BCUT2D eigenvalue weighted by Gasteiger charge is 2.10. The van der Waals surface area contributed by atoms with E-state index in [-0.39, 0.29) is 18.2 Å². The minimum absolute atomic E-state index is 0.111. The van der Waals surface area contributed by atoms with Crippen LogP contribution in [0.15, 0.2) is 53.5 Å². The lowest BCUT2D eigenvalue weighted by Crippen LogP contribution is -2.41. The van der Waals surface area contributed by atoms with Crippen LogP contribution in [-0.4, -0.2) is 38.1 Å². The van der Waals surface area contributed by atoms with Crippen molar-refractivity contribution in [3.8, 4) is 5.75 Å². The van der Waals surface area contributed by atoms with Crippen molar-refractivity contribution in [3.05, 3.63) is 65.2 Å². The number of nitrogens with one attached hydrogen (secondary N) is 3. The number of alkyl halides is 2. The van der Waals surface area contributed by atoms with Crippen LogP contribution in [0, 0.1) is 6.92 Å². The third kappa shape index (κ3) is 7.77. The Morgan fingerprint density at radius 2 is 1.79 bits per heavy atom. The third-order valence-corrected chi connectivity index (χ3v) is 3.92. The van der Waals surface area contributed by atoms with Crippen LogP contribution in [0.25, 0.3) is 0 Å². The molecule has 0 unspecified atom stereocenters. The van der Waals surface area contributed by atoms with E-state index in [4.69, 9.17) is 0 Å². The van der Waals surface area contributed by atoms with Crippen LogP contribution < -0.4 is 20.7 Å². The molecule has 0 aromatic heterocycles. The molecule has 8 heteroatoms. The minimum atomic E-state index is -2.89. The van der Waals surface area contributed by atoms with E-state index in [0.717, 1.165) is 5.56 Å². The number of ether oxygens (including phenoxy) is 1. The summed E-state index contributed by atoms with van der Waals surface area (Å²) in [6.45, 7) is 2.58. The smallest absolute Gasteiger partial charge is 0.387 e. The summed E-state index contributed by atoms with van der Waals surface area (Å²) in [6, 6.07) is 14.0. The number of nitrogens with zero attached hydrogens (tertiary/aromatic N) is 1. The zero-order chi connectivity index (χ0) is 21.1. The van der Waals surface area contributed by atoms with Crippen molar-refractivity contribution in [2.45, 2.75) is 27.0 Å². The average Bonchev–Trinajstić information content (AvgIpc) is 2.71. The topological polar surface area (TPSA) is 74.8 Å². The maximum absolute atomic E-state index is 12.6. The van der Waals surface area contributed by atoms with Crippen LogP contribution >= 0.6 is 0 Å². The van der Waals surface area contributed by atoms with Gasteiger partial charge in [-0.25, -0.2) is 4.99 Å². The molecule has 2 aromatic carbocycles. The van der Waals surface area contributed by atoms with E-state index in [2.05, 4.69) is 25.7 Å². The Morgan fingerprint density at radius 3 is 2.48 bits per heavy atom. The number of amides is 1. The second-order valence-electron chi connectivity index (χ2n) is 6.23. The Labute approximate surface area is 169 Å². The van der Waals surface area contributed by atoms with Gasteiger partial charge in [-0.1, -0.05) is 35.9 Å². The monoisotopic (exact) mass is 404 g/mol. The van der Waals surface area contributed by atoms with Crippen molar-refractivity contribution in [2.24, 2.45) is 4.99 Å². The van der Waals surface area contributed by atoms with Gasteiger partial charge in [0, 0.05) is 30.8 Å². The van der Waals surface area contributed by atoms with Gasteiger partial charge in [-0.15, -0.1) is 0 Å². The molecule has 0 aliphatic carbocycles. The highest BCUT2D eigenvalue weighted by Crippen LogP contribution is 2.22. The molecule has 6 nitrogen and oxygen atoms in total. The van der Waals surface area contributed by atoms with Gasteiger partial charge in [0.2, 0.25) is 0 Å². The summed E-state index contributed by atoms with van der Waals surface area (Å²) < 4.78 is 29.8. The van der Waals surface area contributed by atoms with E-state index >= 15 is 0 Å². The van der Waals surface area contributed by atoms with Gasteiger partial charge < -0.3 is 20.7 Å². The summed E-state index contributed by atoms with van der Waals surface area (Å²) >= 11 is 0. The molecule has 0 aliphatic heterocycles. The standard InChI is InChI=1S/C21H26F2N4O2/c1-3-24-21(26-12-11-25-19(28)16-7-5-4-6-8-16)27-14-17-13-15(2)9-10-18(17)29-20(22)23/h4-10,13,20H,3,11-12,14H2,1-2H3,(H,25,28)(H2,24,26,27). The van der Waals surface area contributed by atoms with Crippen molar-refractivity contribution in [3.63, 3.8) is 0 Å². The number of hydrogen-bond acceptors (Lipinski definition) is 3. The third-order valence-electron chi connectivity index (χ3n) is 3.92. The van der Waals surface area contributed by atoms with E-state index in [0.29, 0.717) is 36.7 Å². The molecule has 3 N–H and O–H groups in total. The van der Waals surface area contributed by atoms with Gasteiger partial charge in [0.05, 0.1) is 6.54 Å². The van der Waals surface area contributed by atoms with Crippen LogP contribution in [0.5, 0.6) is 5.75 Å². The Hall–Kier alpha value is -3.16. The first-order valence-corrected chi connectivity index (χ1v) is 9.39. The highest BCUT2D eigenvalue weighted by molar-refractivity contribution is 5.94. The number of benzene rings is 2. The molecule has 0 spiro atoms. The van der Waals surface area contributed by atoms with Crippen LogP contribution in [0.2, 0.25) is 0 Å². The SMILES string of the molecule is CCNC(=NCc1cc(C)ccc1OC(F)F)NCCNC(=O)c1ccccc1. The summed E-state index contributed by atoms with van der Waals surface area (Å²) in [5.41, 5.74) is 2.09. The maximum atomic E-state index is 12.6. The van der Waals surface area contributed by atoms with Gasteiger partial charge in [0.1, 0.15) is 5.75 Å². The van der Waals surface area contributed by atoms with Crippen molar-refractivity contribution < 1.29 is 18.3 Å². The van der Waals surface area contributed by atoms with Gasteiger partial charge in [0.25, 0.3) is 5.91 Å².